The normalized spacial score (nSPS) is 14.9. The number of nitrogens with two attached hydrogens (primary N) is 3. The SMILES string of the molecule is CC(O)C(N)C(=O)O.NC(CS)C(=O)O.NC(CS)C(=O)O. The van der Waals surface area contributed by atoms with Crippen LogP contribution in [-0.4, -0.2) is 74.1 Å². The van der Waals surface area contributed by atoms with Crippen LogP contribution in [0.3, 0.4) is 0 Å². The number of thiol groups is 2. The van der Waals surface area contributed by atoms with Gasteiger partial charge in [-0.1, -0.05) is 0 Å². The van der Waals surface area contributed by atoms with Crippen LogP contribution >= 0.6 is 25.3 Å². The lowest BCUT2D eigenvalue weighted by atomic mass is 10.2. The monoisotopic (exact) mass is 361 g/mol. The third-order valence-electron chi connectivity index (χ3n) is 1.83. The average Bonchev–Trinajstić information content (AvgIpc) is 2.45. The van der Waals surface area contributed by atoms with Crippen LogP contribution in [0.2, 0.25) is 0 Å². The van der Waals surface area contributed by atoms with Crippen LogP contribution in [0.4, 0.5) is 0 Å². The summed E-state index contributed by atoms with van der Waals surface area (Å²) >= 11 is 7.30. The van der Waals surface area contributed by atoms with Crippen LogP contribution in [0.15, 0.2) is 0 Å². The predicted octanol–water partition coefficient (Wildman–Crippen LogP) is -2.56. The summed E-state index contributed by atoms with van der Waals surface area (Å²) in [6.07, 6.45) is -0.979. The quantitative estimate of drug-likeness (QED) is 0.226. The number of hydrogen-bond acceptors (Lipinski definition) is 9. The second-order valence-corrected chi connectivity index (χ2v) is 4.59. The third-order valence-corrected chi connectivity index (χ3v) is 2.62. The highest BCUT2D eigenvalue weighted by molar-refractivity contribution is 7.80. The van der Waals surface area contributed by atoms with E-state index in [0.29, 0.717) is 0 Å². The minimum atomic E-state index is -1.18. The van der Waals surface area contributed by atoms with Gasteiger partial charge in [0.2, 0.25) is 0 Å². The van der Waals surface area contributed by atoms with Crippen molar-refractivity contribution in [3.05, 3.63) is 0 Å². The molecule has 0 aromatic carbocycles. The van der Waals surface area contributed by atoms with Gasteiger partial charge in [-0.2, -0.15) is 25.3 Å². The van der Waals surface area contributed by atoms with E-state index < -0.39 is 42.1 Å². The van der Waals surface area contributed by atoms with Gasteiger partial charge in [0.25, 0.3) is 0 Å². The first-order valence-electron chi connectivity index (χ1n) is 5.77. The number of carbonyl (C=O) groups is 3. The Kier molecular flexibility index (Phi) is 17.5. The second kappa shape index (κ2) is 14.9. The van der Waals surface area contributed by atoms with Crippen molar-refractivity contribution in [2.75, 3.05) is 11.5 Å². The Morgan fingerprint density at radius 1 is 0.864 bits per heavy atom. The average molecular weight is 361 g/mol. The van der Waals surface area contributed by atoms with Gasteiger partial charge in [-0.05, 0) is 6.92 Å². The van der Waals surface area contributed by atoms with Gasteiger partial charge < -0.3 is 37.6 Å². The van der Waals surface area contributed by atoms with Crippen molar-refractivity contribution in [1.82, 2.24) is 0 Å². The Hall–Kier alpha value is -1.05. The topological polar surface area (TPSA) is 210 Å². The maximum absolute atomic E-state index is 9.86. The first-order valence-corrected chi connectivity index (χ1v) is 7.03. The highest BCUT2D eigenvalue weighted by Crippen LogP contribution is 1.86. The first-order chi connectivity index (χ1) is 9.91. The molecule has 0 spiro atoms. The molecule has 10 N–H and O–H groups in total. The van der Waals surface area contributed by atoms with Crippen LogP contribution in [0.5, 0.6) is 0 Å². The Labute approximate surface area is 138 Å². The fourth-order valence-electron chi connectivity index (χ4n) is 0.363. The molecule has 0 aromatic rings. The summed E-state index contributed by atoms with van der Waals surface area (Å²) in [6.45, 7) is 1.33. The number of hydrogen-bond donors (Lipinski definition) is 9. The van der Waals surface area contributed by atoms with Crippen molar-refractivity contribution in [1.29, 1.82) is 0 Å². The zero-order valence-corrected chi connectivity index (χ0v) is 13.7. The Morgan fingerprint density at radius 2 is 1.14 bits per heavy atom. The molecule has 12 heteroatoms. The molecule has 0 saturated carbocycles. The van der Waals surface area contributed by atoms with E-state index in [1.54, 1.807) is 0 Å². The lowest BCUT2D eigenvalue weighted by molar-refractivity contribution is -0.141. The van der Waals surface area contributed by atoms with E-state index in [9.17, 15) is 14.4 Å². The Bertz CT molecular complexity index is 324. The highest BCUT2D eigenvalue weighted by Gasteiger charge is 2.16. The molecule has 4 unspecified atom stereocenters. The van der Waals surface area contributed by atoms with Crippen molar-refractivity contribution in [3.63, 3.8) is 0 Å². The molecule has 0 aromatic heterocycles. The fraction of sp³-hybridized carbons (Fsp3) is 0.700. The summed E-state index contributed by atoms with van der Waals surface area (Å²) in [5.74, 6) is -2.81. The lowest BCUT2D eigenvalue weighted by Gasteiger charge is -2.06. The molecule has 0 heterocycles. The molecule has 10 nitrogen and oxygen atoms in total. The van der Waals surface area contributed by atoms with Crippen LogP contribution < -0.4 is 17.2 Å². The van der Waals surface area contributed by atoms with E-state index in [1.807, 2.05) is 0 Å². The van der Waals surface area contributed by atoms with Gasteiger partial charge in [0, 0.05) is 11.5 Å². The molecule has 0 aliphatic heterocycles. The molecule has 0 fully saturated rings. The summed E-state index contributed by atoms with van der Waals surface area (Å²) in [5, 5.41) is 32.6. The molecule has 4 atom stereocenters. The van der Waals surface area contributed by atoms with Crippen LogP contribution in [0.25, 0.3) is 0 Å². The number of rotatable bonds is 6. The van der Waals surface area contributed by atoms with Crippen LogP contribution in [0, 0.1) is 0 Å². The number of carboxylic acid groups (broad SMARTS) is 3. The summed E-state index contributed by atoms with van der Waals surface area (Å²) < 4.78 is 0. The molecule has 0 aliphatic rings. The van der Waals surface area contributed by atoms with Gasteiger partial charge in [-0.25, -0.2) is 0 Å². The van der Waals surface area contributed by atoms with Gasteiger partial charge in [-0.3, -0.25) is 14.4 Å². The van der Waals surface area contributed by atoms with E-state index in [1.165, 1.54) is 6.92 Å². The summed E-state index contributed by atoms with van der Waals surface area (Å²) in [4.78, 5) is 29.4. The van der Waals surface area contributed by atoms with E-state index in [0.717, 1.165) is 0 Å². The summed E-state index contributed by atoms with van der Waals surface area (Å²) in [6, 6.07) is -2.79. The first kappa shape index (κ1) is 25.9. The largest absolute Gasteiger partial charge is 0.480 e. The molecule has 132 valence electrons. The van der Waals surface area contributed by atoms with Gasteiger partial charge in [0.05, 0.1) is 6.10 Å². The van der Waals surface area contributed by atoms with Crippen molar-refractivity contribution in [2.24, 2.45) is 17.2 Å². The summed E-state index contributed by atoms with van der Waals surface area (Å²) in [5.41, 5.74) is 14.8. The van der Waals surface area contributed by atoms with Gasteiger partial charge in [-0.15, -0.1) is 0 Å². The van der Waals surface area contributed by atoms with Crippen molar-refractivity contribution in [3.8, 4) is 0 Å². The standard InChI is InChI=1S/C4H9NO3.2C3H7NO2S/c1-2(6)3(5)4(7)8;2*4-2(1-7)3(5)6/h2-3,6H,5H2,1H3,(H,7,8);2*2,7H,1,4H2,(H,5,6). The lowest BCUT2D eigenvalue weighted by Crippen LogP contribution is -2.39. The molecule has 0 radical (unpaired) electrons. The van der Waals surface area contributed by atoms with E-state index in [-0.39, 0.29) is 11.5 Å². The number of aliphatic carboxylic acids is 3. The van der Waals surface area contributed by atoms with Crippen LogP contribution in [-0.2, 0) is 14.4 Å². The van der Waals surface area contributed by atoms with E-state index in [2.05, 4.69) is 25.3 Å². The number of aliphatic hydroxyl groups excluding tert-OH is 1. The predicted molar refractivity (Wildman–Crippen MR) is 86.2 cm³/mol. The molecule has 0 amide bonds. The number of aliphatic hydroxyl groups is 1. The minimum Gasteiger partial charge on any atom is -0.480 e. The molecular formula is C10H23N3O7S2. The maximum atomic E-state index is 9.86. The molecule has 0 aliphatic carbocycles. The number of carboxylic acids is 3. The zero-order chi connectivity index (χ0) is 18.5. The Balaban J connectivity index is -0.000000247. The second-order valence-electron chi connectivity index (χ2n) is 3.86. The molecule has 0 saturated heterocycles. The van der Waals surface area contributed by atoms with Gasteiger partial charge in [0.15, 0.2) is 0 Å². The molecular weight excluding hydrogens is 338 g/mol. The van der Waals surface area contributed by atoms with Crippen LogP contribution in [0.1, 0.15) is 6.92 Å². The van der Waals surface area contributed by atoms with E-state index in [4.69, 9.17) is 37.6 Å². The molecule has 0 rings (SSSR count). The summed E-state index contributed by atoms with van der Waals surface area (Å²) in [7, 11) is 0. The maximum Gasteiger partial charge on any atom is 0.323 e. The smallest absolute Gasteiger partial charge is 0.323 e. The Morgan fingerprint density at radius 3 is 1.14 bits per heavy atom. The van der Waals surface area contributed by atoms with Crippen molar-refractivity contribution in [2.45, 2.75) is 31.2 Å². The molecule has 22 heavy (non-hydrogen) atoms. The van der Waals surface area contributed by atoms with Gasteiger partial charge >= 0.3 is 17.9 Å². The van der Waals surface area contributed by atoms with Gasteiger partial charge in [0.1, 0.15) is 18.1 Å². The highest BCUT2D eigenvalue weighted by atomic mass is 32.1. The van der Waals surface area contributed by atoms with Crippen molar-refractivity contribution >= 4 is 43.2 Å². The van der Waals surface area contributed by atoms with E-state index >= 15 is 0 Å². The fourth-order valence-corrected chi connectivity index (χ4v) is 0.675. The van der Waals surface area contributed by atoms with Crippen molar-refractivity contribution < 1.29 is 34.8 Å². The third kappa shape index (κ3) is 17.0. The minimum absolute atomic E-state index is 0.190. The zero-order valence-electron chi connectivity index (χ0n) is 11.9. The molecule has 0 bridgehead atoms.